The van der Waals surface area contributed by atoms with Crippen molar-refractivity contribution in [2.24, 2.45) is 0 Å². The molecule has 18 heavy (non-hydrogen) atoms. The smallest absolute Gasteiger partial charge is 0.279 e. The van der Waals surface area contributed by atoms with Crippen LogP contribution < -0.4 is 4.72 Å². The highest BCUT2D eigenvalue weighted by atomic mass is 32.2. The summed E-state index contributed by atoms with van der Waals surface area (Å²) in [4.78, 5) is 0. The SMILES string of the molecule is CC(C)N(C)S(=O)(=O)NCCc1ccc(O)cc1. The lowest BCUT2D eigenvalue weighted by Gasteiger charge is -2.21. The van der Waals surface area contributed by atoms with Crippen molar-refractivity contribution in [3.8, 4) is 5.75 Å². The Kier molecular flexibility index (Phi) is 5.13. The molecule has 102 valence electrons. The molecular formula is C12H20N2O3S. The van der Waals surface area contributed by atoms with Gasteiger partial charge in [-0.3, -0.25) is 0 Å². The maximum Gasteiger partial charge on any atom is 0.279 e. The van der Waals surface area contributed by atoms with Crippen LogP contribution in [0.5, 0.6) is 5.75 Å². The molecule has 0 saturated heterocycles. The Labute approximate surface area is 109 Å². The van der Waals surface area contributed by atoms with Crippen LogP contribution in [-0.2, 0) is 16.6 Å². The van der Waals surface area contributed by atoms with E-state index in [1.165, 1.54) is 4.31 Å². The molecule has 0 unspecified atom stereocenters. The second-order valence-electron chi connectivity index (χ2n) is 4.43. The number of phenolic OH excluding ortho intramolecular Hbond substituents is 1. The van der Waals surface area contributed by atoms with Gasteiger partial charge in [0, 0.05) is 19.6 Å². The van der Waals surface area contributed by atoms with Gasteiger partial charge in [-0.25, -0.2) is 4.72 Å². The predicted molar refractivity (Wildman–Crippen MR) is 71.6 cm³/mol. The first-order chi connectivity index (χ1) is 8.33. The highest BCUT2D eigenvalue weighted by Crippen LogP contribution is 2.10. The molecule has 0 spiro atoms. The largest absolute Gasteiger partial charge is 0.508 e. The first-order valence-electron chi connectivity index (χ1n) is 5.83. The van der Waals surface area contributed by atoms with E-state index in [0.717, 1.165) is 5.56 Å². The van der Waals surface area contributed by atoms with Crippen molar-refractivity contribution in [1.82, 2.24) is 9.03 Å². The number of nitrogens with one attached hydrogen (secondary N) is 1. The summed E-state index contributed by atoms with van der Waals surface area (Å²) in [6.07, 6.45) is 0.589. The highest BCUT2D eigenvalue weighted by Gasteiger charge is 2.19. The van der Waals surface area contributed by atoms with Crippen LogP contribution in [0.2, 0.25) is 0 Å². The van der Waals surface area contributed by atoms with E-state index in [2.05, 4.69) is 4.72 Å². The van der Waals surface area contributed by atoms with E-state index in [1.807, 2.05) is 13.8 Å². The maximum atomic E-state index is 11.8. The number of rotatable bonds is 6. The fraction of sp³-hybridized carbons (Fsp3) is 0.500. The number of nitrogens with zero attached hydrogens (tertiary/aromatic N) is 1. The van der Waals surface area contributed by atoms with Gasteiger partial charge in [-0.15, -0.1) is 0 Å². The zero-order valence-corrected chi connectivity index (χ0v) is 11.7. The summed E-state index contributed by atoms with van der Waals surface area (Å²) in [5.41, 5.74) is 0.975. The van der Waals surface area contributed by atoms with Crippen LogP contribution in [0, 0.1) is 0 Å². The molecule has 6 heteroatoms. The van der Waals surface area contributed by atoms with Gasteiger partial charge in [-0.2, -0.15) is 12.7 Å². The molecule has 0 heterocycles. The third-order valence-corrected chi connectivity index (χ3v) is 4.49. The Morgan fingerprint density at radius 2 is 1.83 bits per heavy atom. The van der Waals surface area contributed by atoms with E-state index in [0.29, 0.717) is 13.0 Å². The topological polar surface area (TPSA) is 69.6 Å². The average molecular weight is 272 g/mol. The van der Waals surface area contributed by atoms with Crippen LogP contribution >= 0.6 is 0 Å². The lowest BCUT2D eigenvalue weighted by Crippen LogP contribution is -2.42. The van der Waals surface area contributed by atoms with Crippen LogP contribution in [0.4, 0.5) is 0 Å². The Bertz CT molecular complexity index is 469. The number of benzene rings is 1. The van der Waals surface area contributed by atoms with Crippen LogP contribution in [0.15, 0.2) is 24.3 Å². The third-order valence-electron chi connectivity index (χ3n) is 2.74. The van der Waals surface area contributed by atoms with E-state index in [-0.39, 0.29) is 11.8 Å². The molecule has 0 aromatic heterocycles. The minimum atomic E-state index is -3.40. The molecule has 2 N–H and O–H groups in total. The summed E-state index contributed by atoms with van der Waals surface area (Å²) in [5.74, 6) is 0.207. The van der Waals surface area contributed by atoms with Gasteiger partial charge in [-0.1, -0.05) is 12.1 Å². The van der Waals surface area contributed by atoms with Gasteiger partial charge in [0.15, 0.2) is 0 Å². The molecule has 0 saturated carbocycles. The van der Waals surface area contributed by atoms with Crippen LogP contribution in [-0.4, -0.2) is 37.5 Å². The third kappa shape index (κ3) is 4.29. The maximum absolute atomic E-state index is 11.8. The van der Waals surface area contributed by atoms with Crippen LogP contribution in [0.3, 0.4) is 0 Å². The van der Waals surface area contributed by atoms with E-state index >= 15 is 0 Å². The monoisotopic (exact) mass is 272 g/mol. The molecule has 1 aromatic rings. The molecule has 1 rings (SSSR count). The summed E-state index contributed by atoms with van der Waals surface area (Å²) >= 11 is 0. The van der Waals surface area contributed by atoms with Gasteiger partial charge in [0.1, 0.15) is 5.75 Å². The Morgan fingerprint density at radius 1 is 1.28 bits per heavy atom. The molecule has 0 aliphatic heterocycles. The summed E-state index contributed by atoms with van der Waals surface area (Å²) in [7, 11) is -1.85. The quantitative estimate of drug-likeness (QED) is 0.815. The van der Waals surface area contributed by atoms with E-state index in [4.69, 9.17) is 5.11 Å². The number of hydrogen-bond donors (Lipinski definition) is 2. The van der Waals surface area contributed by atoms with Gasteiger partial charge in [0.2, 0.25) is 0 Å². The molecule has 0 aliphatic rings. The molecule has 1 aromatic carbocycles. The molecule has 0 radical (unpaired) electrons. The Hall–Kier alpha value is -1.11. The van der Waals surface area contributed by atoms with Gasteiger partial charge >= 0.3 is 0 Å². The molecule has 0 fully saturated rings. The highest BCUT2D eigenvalue weighted by molar-refractivity contribution is 7.87. The zero-order chi connectivity index (χ0) is 13.8. The molecule has 5 nitrogen and oxygen atoms in total. The number of aromatic hydroxyl groups is 1. The molecule has 0 amide bonds. The standard InChI is InChI=1S/C12H20N2O3S/c1-10(2)14(3)18(16,17)13-9-8-11-4-6-12(15)7-5-11/h4-7,10,13,15H,8-9H2,1-3H3. The summed E-state index contributed by atoms with van der Waals surface area (Å²) in [5, 5.41) is 9.13. The predicted octanol–water partition coefficient (Wildman–Crippen LogP) is 1.11. The molecular weight excluding hydrogens is 252 g/mol. The van der Waals surface area contributed by atoms with Crippen molar-refractivity contribution in [2.75, 3.05) is 13.6 Å². The van der Waals surface area contributed by atoms with E-state index < -0.39 is 10.2 Å². The summed E-state index contributed by atoms with van der Waals surface area (Å²) < 4.78 is 27.4. The molecule has 0 atom stereocenters. The Balaban J connectivity index is 2.49. The average Bonchev–Trinajstić information content (AvgIpc) is 2.30. The molecule has 0 bridgehead atoms. The van der Waals surface area contributed by atoms with Crippen LogP contribution in [0.1, 0.15) is 19.4 Å². The van der Waals surface area contributed by atoms with E-state index in [9.17, 15) is 8.42 Å². The number of hydrogen-bond acceptors (Lipinski definition) is 3. The van der Waals surface area contributed by atoms with Crippen molar-refractivity contribution in [3.63, 3.8) is 0 Å². The first kappa shape index (κ1) is 14.9. The lowest BCUT2D eigenvalue weighted by atomic mass is 10.1. The lowest BCUT2D eigenvalue weighted by molar-refractivity contribution is 0.403. The van der Waals surface area contributed by atoms with Gasteiger partial charge in [0.05, 0.1) is 0 Å². The zero-order valence-electron chi connectivity index (χ0n) is 10.9. The van der Waals surface area contributed by atoms with Crippen molar-refractivity contribution < 1.29 is 13.5 Å². The van der Waals surface area contributed by atoms with Gasteiger partial charge in [0.25, 0.3) is 10.2 Å². The second kappa shape index (κ2) is 6.17. The minimum Gasteiger partial charge on any atom is -0.508 e. The number of phenols is 1. The van der Waals surface area contributed by atoms with Gasteiger partial charge < -0.3 is 5.11 Å². The normalized spacial score (nSPS) is 12.3. The fourth-order valence-corrected chi connectivity index (χ4v) is 2.49. The van der Waals surface area contributed by atoms with Crippen molar-refractivity contribution in [2.45, 2.75) is 26.3 Å². The van der Waals surface area contributed by atoms with Crippen molar-refractivity contribution in [1.29, 1.82) is 0 Å². The van der Waals surface area contributed by atoms with Crippen molar-refractivity contribution >= 4 is 10.2 Å². The summed E-state index contributed by atoms with van der Waals surface area (Å²) in [6, 6.07) is 6.65. The fourth-order valence-electron chi connectivity index (χ4n) is 1.37. The first-order valence-corrected chi connectivity index (χ1v) is 7.27. The van der Waals surface area contributed by atoms with Crippen LogP contribution in [0.25, 0.3) is 0 Å². The van der Waals surface area contributed by atoms with E-state index in [1.54, 1.807) is 31.3 Å². The second-order valence-corrected chi connectivity index (χ2v) is 6.24. The van der Waals surface area contributed by atoms with Crippen molar-refractivity contribution in [3.05, 3.63) is 29.8 Å². The Morgan fingerprint density at radius 3 is 2.33 bits per heavy atom. The van der Waals surface area contributed by atoms with Gasteiger partial charge in [-0.05, 0) is 38.0 Å². The minimum absolute atomic E-state index is 0.0730. The summed E-state index contributed by atoms with van der Waals surface area (Å²) in [6.45, 7) is 3.97. The molecule has 0 aliphatic carbocycles.